The lowest BCUT2D eigenvalue weighted by Crippen LogP contribution is -2.51. The van der Waals surface area contributed by atoms with Crippen LogP contribution in [0.1, 0.15) is 11.1 Å². The highest BCUT2D eigenvalue weighted by Crippen LogP contribution is 2.22. The summed E-state index contributed by atoms with van der Waals surface area (Å²) in [4.78, 5) is 16.5. The summed E-state index contributed by atoms with van der Waals surface area (Å²) in [5.74, 6) is 0.857. The Bertz CT molecular complexity index is 724. The number of urea groups is 1. The number of aryl methyl sites for hydroxylation is 1. The second-order valence-corrected chi connectivity index (χ2v) is 6.32. The molecule has 0 unspecified atom stereocenters. The summed E-state index contributed by atoms with van der Waals surface area (Å²) >= 11 is 0. The van der Waals surface area contributed by atoms with Gasteiger partial charge < -0.3 is 19.9 Å². The van der Waals surface area contributed by atoms with Crippen molar-refractivity contribution in [2.24, 2.45) is 0 Å². The molecular weight excluding hydrogens is 314 g/mol. The molecule has 2 amide bonds. The number of hydrogen-bond donors (Lipinski definition) is 1. The minimum Gasteiger partial charge on any atom is -0.497 e. The fourth-order valence-corrected chi connectivity index (χ4v) is 3.09. The third-order valence-corrected chi connectivity index (χ3v) is 4.51. The monoisotopic (exact) mass is 339 g/mol. The average Bonchev–Trinajstić information content (AvgIpc) is 2.66. The van der Waals surface area contributed by atoms with Crippen LogP contribution in [0.15, 0.2) is 48.5 Å². The molecule has 2 aromatic carbocycles. The molecule has 0 spiro atoms. The van der Waals surface area contributed by atoms with Crippen LogP contribution < -0.4 is 15.0 Å². The predicted octanol–water partition coefficient (Wildman–Crippen LogP) is 3.04. The van der Waals surface area contributed by atoms with Gasteiger partial charge in [-0.15, -0.1) is 0 Å². The zero-order valence-electron chi connectivity index (χ0n) is 14.9. The van der Waals surface area contributed by atoms with Crippen LogP contribution in [0.3, 0.4) is 0 Å². The van der Waals surface area contributed by atoms with Gasteiger partial charge in [0, 0.05) is 44.5 Å². The van der Waals surface area contributed by atoms with Gasteiger partial charge in [0.05, 0.1) is 7.11 Å². The van der Waals surface area contributed by atoms with Crippen molar-refractivity contribution in [3.63, 3.8) is 0 Å². The lowest BCUT2D eigenvalue weighted by molar-refractivity contribution is 0.194. The van der Waals surface area contributed by atoms with Crippen molar-refractivity contribution < 1.29 is 9.53 Å². The van der Waals surface area contributed by atoms with Crippen LogP contribution in [0.4, 0.5) is 10.5 Å². The second kappa shape index (κ2) is 7.92. The van der Waals surface area contributed by atoms with Crippen LogP contribution in [0.2, 0.25) is 0 Å². The molecule has 0 aromatic heterocycles. The molecule has 132 valence electrons. The lowest BCUT2D eigenvalue weighted by Gasteiger charge is -2.36. The second-order valence-electron chi connectivity index (χ2n) is 6.32. The standard InChI is InChI=1S/C20H25N3O2/c1-16-5-3-6-17(13-16)15-21-20(24)23-11-9-22(10-12-23)18-7-4-8-19(14-18)25-2/h3-8,13-14H,9-12,15H2,1-2H3,(H,21,24). The summed E-state index contributed by atoms with van der Waals surface area (Å²) in [5, 5.41) is 3.02. The Hall–Kier alpha value is -2.69. The maximum atomic E-state index is 12.4. The fraction of sp³-hybridized carbons (Fsp3) is 0.350. The van der Waals surface area contributed by atoms with E-state index in [9.17, 15) is 4.79 Å². The van der Waals surface area contributed by atoms with Gasteiger partial charge in [-0.1, -0.05) is 35.9 Å². The van der Waals surface area contributed by atoms with E-state index in [2.05, 4.69) is 35.3 Å². The van der Waals surface area contributed by atoms with Gasteiger partial charge in [0.25, 0.3) is 0 Å². The van der Waals surface area contributed by atoms with E-state index in [1.165, 1.54) is 5.56 Å². The van der Waals surface area contributed by atoms with Crippen LogP contribution in [-0.4, -0.2) is 44.2 Å². The summed E-state index contributed by atoms with van der Waals surface area (Å²) in [6, 6.07) is 16.3. The van der Waals surface area contributed by atoms with Crippen molar-refractivity contribution in [2.75, 3.05) is 38.2 Å². The molecule has 0 atom stereocenters. The first-order chi connectivity index (χ1) is 12.2. The van der Waals surface area contributed by atoms with Crippen molar-refractivity contribution in [1.82, 2.24) is 10.2 Å². The Labute approximate surface area is 149 Å². The van der Waals surface area contributed by atoms with Crippen LogP contribution in [-0.2, 0) is 6.54 Å². The molecule has 25 heavy (non-hydrogen) atoms. The van der Waals surface area contributed by atoms with E-state index in [0.717, 1.165) is 43.2 Å². The molecule has 1 aliphatic heterocycles. The van der Waals surface area contributed by atoms with E-state index in [0.29, 0.717) is 6.54 Å². The molecule has 1 saturated heterocycles. The molecule has 2 aromatic rings. The number of carbonyl (C=O) groups is 1. The number of nitrogens with one attached hydrogen (secondary N) is 1. The lowest BCUT2D eigenvalue weighted by atomic mass is 10.1. The van der Waals surface area contributed by atoms with Gasteiger partial charge in [-0.05, 0) is 24.6 Å². The smallest absolute Gasteiger partial charge is 0.317 e. The van der Waals surface area contributed by atoms with Crippen molar-refractivity contribution in [2.45, 2.75) is 13.5 Å². The van der Waals surface area contributed by atoms with Crippen molar-refractivity contribution in [3.8, 4) is 5.75 Å². The number of benzene rings is 2. The normalized spacial score (nSPS) is 14.3. The number of methoxy groups -OCH3 is 1. The van der Waals surface area contributed by atoms with Gasteiger partial charge in [0.15, 0.2) is 0 Å². The highest BCUT2D eigenvalue weighted by atomic mass is 16.5. The predicted molar refractivity (Wildman–Crippen MR) is 100 cm³/mol. The van der Waals surface area contributed by atoms with E-state index < -0.39 is 0 Å². The number of carbonyl (C=O) groups excluding carboxylic acids is 1. The third-order valence-electron chi connectivity index (χ3n) is 4.51. The number of hydrogen-bond acceptors (Lipinski definition) is 3. The Morgan fingerprint density at radius 3 is 2.56 bits per heavy atom. The Morgan fingerprint density at radius 1 is 1.08 bits per heavy atom. The summed E-state index contributed by atoms with van der Waals surface area (Å²) in [7, 11) is 1.68. The van der Waals surface area contributed by atoms with E-state index in [1.807, 2.05) is 35.2 Å². The molecule has 3 rings (SSSR count). The first-order valence-corrected chi connectivity index (χ1v) is 8.63. The topological polar surface area (TPSA) is 44.8 Å². The van der Waals surface area contributed by atoms with Crippen LogP contribution in [0, 0.1) is 6.92 Å². The van der Waals surface area contributed by atoms with Gasteiger partial charge in [-0.2, -0.15) is 0 Å². The number of piperazine rings is 1. The van der Waals surface area contributed by atoms with Crippen LogP contribution in [0.5, 0.6) is 5.75 Å². The fourth-order valence-electron chi connectivity index (χ4n) is 3.09. The number of ether oxygens (including phenoxy) is 1. The van der Waals surface area contributed by atoms with Crippen LogP contribution in [0.25, 0.3) is 0 Å². The van der Waals surface area contributed by atoms with Gasteiger partial charge >= 0.3 is 6.03 Å². The molecule has 1 aliphatic rings. The van der Waals surface area contributed by atoms with E-state index in [4.69, 9.17) is 4.74 Å². The summed E-state index contributed by atoms with van der Waals surface area (Å²) in [6.07, 6.45) is 0. The summed E-state index contributed by atoms with van der Waals surface area (Å²) < 4.78 is 5.29. The number of rotatable bonds is 4. The maximum Gasteiger partial charge on any atom is 0.317 e. The maximum absolute atomic E-state index is 12.4. The Morgan fingerprint density at radius 2 is 1.84 bits per heavy atom. The molecule has 1 fully saturated rings. The van der Waals surface area contributed by atoms with E-state index in [-0.39, 0.29) is 6.03 Å². The van der Waals surface area contributed by atoms with Crippen molar-refractivity contribution >= 4 is 11.7 Å². The number of nitrogens with zero attached hydrogens (tertiary/aromatic N) is 2. The first kappa shape index (κ1) is 17.1. The summed E-state index contributed by atoms with van der Waals surface area (Å²) in [6.45, 7) is 5.71. The zero-order chi connectivity index (χ0) is 17.6. The minimum absolute atomic E-state index is 0.00629. The van der Waals surface area contributed by atoms with Gasteiger partial charge in [-0.25, -0.2) is 4.79 Å². The molecule has 0 radical (unpaired) electrons. The first-order valence-electron chi connectivity index (χ1n) is 8.63. The zero-order valence-corrected chi connectivity index (χ0v) is 14.9. The highest BCUT2D eigenvalue weighted by molar-refractivity contribution is 5.74. The number of anilines is 1. The van der Waals surface area contributed by atoms with Gasteiger partial charge in [0.2, 0.25) is 0 Å². The van der Waals surface area contributed by atoms with E-state index in [1.54, 1.807) is 7.11 Å². The molecule has 0 saturated carbocycles. The van der Waals surface area contributed by atoms with Gasteiger partial charge in [0.1, 0.15) is 5.75 Å². The molecular formula is C20H25N3O2. The van der Waals surface area contributed by atoms with Crippen molar-refractivity contribution in [3.05, 3.63) is 59.7 Å². The quantitative estimate of drug-likeness (QED) is 0.931. The summed E-state index contributed by atoms with van der Waals surface area (Å²) in [5.41, 5.74) is 3.47. The molecule has 0 aliphatic carbocycles. The van der Waals surface area contributed by atoms with Crippen LogP contribution >= 0.6 is 0 Å². The molecule has 1 heterocycles. The molecule has 5 nitrogen and oxygen atoms in total. The van der Waals surface area contributed by atoms with Crippen molar-refractivity contribution in [1.29, 1.82) is 0 Å². The molecule has 5 heteroatoms. The minimum atomic E-state index is 0.00629. The van der Waals surface area contributed by atoms with Gasteiger partial charge in [-0.3, -0.25) is 0 Å². The average molecular weight is 339 g/mol. The highest BCUT2D eigenvalue weighted by Gasteiger charge is 2.21. The largest absolute Gasteiger partial charge is 0.497 e. The third kappa shape index (κ3) is 4.44. The Balaban J connectivity index is 1.50. The molecule has 0 bridgehead atoms. The van der Waals surface area contributed by atoms with E-state index >= 15 is 0 Å². The number of amides is 2. The Kier molecular flexibility index (Phi) is 5.43. The molecule has 1 N–H and O–H groups in total. The SMILES string of the molecule is COc1cccc(N2CCN(C(=O)NCc3cccc(C)c3)CC2)c1.